The van der Waals surface area contributed by atoms with Crippen molar-refractivity contribution in [2.75, 3.05) is 6.61 Å². The fourth-order valence-corrected chi connectivity index (χ4v) is 3.73. The molecule has 7 heteroatoms. The maximum Gasteiger partial charge on any atom is 0.166 e. The predicted molar refractivity (Wildman–Crippen MR) is 132 cm³/mol. The second-order valence-corrected chi connectivity index (χ2v) is 8.14. The average molecular weight is 458 g/mol. The van der Waals surface area contributed by atoms with Crippen molar-refractivity contribution in [3.8, 4) is 17.6 Å². The summed E-state index contributed by atoms with van der Waals surface area (Å²) in [5.41, 5.74) is 3.85. The SMILES string of the molecule is CCCCCOc1c(C)cccc1C=Cc1nc2cc(Cl)cnc2n1-c1ccc(C#N)cn1. The average Bonchev–Trinajstić information content (AvgIpc) is 3.19. The van der Waals surface area contributed by atoms with Crippen LogP contribution in [-0.2, 0) is 0 Å². The van der Waals surface area contributed by atoms with Crippen LogP contribution in [0.15, 0.2) is 48.8 Å². The summed E-state index contributed by atoms with van der Waals surface area (Å²) >= 11 is 6.15. The van der Waals surface area contributed by atoms with Gasteiger partial charge in [-0.3, -0.25) is 4.57 Å². The van der Waals surface area contributed by atoms with Crippen molar-refractivity contribution in [1.29, 1.82) is 5.26 Å². The van der Waals surface area contributed by atoms with Crippen LogP contribution in [0.4, 0.5) is 0 Å². The molecule has 33 heavy (non-hydrogen) atoms. The normalized spacial score (nSPS) is 11.2. The van der Waals surface area contributed by atoms with E-state index in [0.717, 1.165) is 36.1 Å². The number of hydrogen-bond acceptors (Lipinski definition) is 5. The molecule has 166 valence electrons. The van der Waals surface area contributed by atoms with Gasteiger partial charge in [-0.2, -0.15) is 5.26 Å². The van der Waals surface area contributed by atoms with Crippen LogP contribution in [0.25, 0.3) is 29.1 Å². The van der Waals surface area contributed by atoms with E-state index >= 15 is 0 Å². The minimum atomic E-state index is 0.487. The molecule has 3 aromatic heterocycles. The molecule has 0 spiro atoms. The maximum absolute atomic E-state index is 9.11. The van der Waals surface area contributed by atoms with Crippen LogP contribution in [0.3, 0.4) is 0 Å². The summed E-state index contributed by atoms with van der Waals surface area (Å²) in [6.45, 7) is 4.92. The number of nitrogens with zero attached hydrogens (tertiary/aromatic N) is 5. The molecule has 0 amide bonds. The number of aromatic nitrogens is 4. The molecule has 0 N–H and O–H groups in total. The highest BCUT2D eigenvalue weighted by atomic mass is 35.5. The molecule has 0 unspecified atom stereocenters. The second-order valence-electron chi connectivity index (χ2n) is 7.70. The highest BCUT2D eigenvalue weighted by molar-refractivity contribution is 6.31. The van der Waals surface area contributed by atoms with Gasteiger partial charge in [-0.05, 0) is 49.3 Å². The van der Waals surface area contributed by atoms with E-state index in [9.17, 15) is 0 Å². The van der Waals surface area contributed by atoms with Crippen LogP contribution in [0, 0.1) is 18.3 Å². The summed E-state index contributed by atoms with van der Waals surface area (Å²) in [7, 11) is 0. The number of rotatable bonds is 8. The molecule has 0 aliphatic carbocycles. The minimum absolute atomic E-state index is 0.487. The molecule has 4 rings (SSSR count). The predicted octanol–water partition coefficient (Wildman–Crippen LogP) is 6.39. The first kappa shape index (κ1) is 22.5. The lowest BCUT2D eigenvalue weighted by Crippen LogP contribution is -2.02. The van der Waals surface area contributed by atoms with Crippen molar-refractivity contribution in [2.24, 2.45) is 0 Å². The lowest BCUT2D eigenvalue weighted by Gasteiger charge is -2.12. The first-order chi connectivity index (χ1) is 16.1. The fourth-order valence-electron chi connectivity index (χ4n) is 3.57. The summed E-state index contributed by atoms with van der Waals surface area (Å²) in [5.74, 6) is 2.15. The maximum atomic E-state index is 9.11. The molecular weight excluding hydrogens is 434 g/mol. The molecule has 4 aromatic rings. The third kappa shape index (κ3) is 5.05. The largest absolute Gasteiger partial charge is 0.493 e. The topological polar surface area (TPSA) is 76.6 Å². The number of hydrogen-bond donors (Lipinski definition) is 0. The van der Waals surface area contributed by atoms with Crippen LogP contribution in [0.5, 0.6) is 5.75 Å². The van der Waals surface area contributed by atoms with E-state index in [0.29, 0.717) is 40.0 Å². The number of unbranched alkanes of at least 4 members (excludes halogenated alkanes) is 2. The van der Waals surface area contributed by atoms with Gasteiger partial charge in [-0.1, -0.05) is 49.6 Å². The number of halogens is 1. The van der Waals surface area contributed by atoms with Gasteiger partial charge in [-0.15, -0.1) is 0 Å². The first-order valence-corrected chi connectivity index (χ1v) is 11.3. The Kier molecular flexibility index (Phi) is 7.01. The van der Waals surface area contributed by atoms with E-state index in [1.165, 1.54) is 6.20 Å². The standard InChI is InChI=1S/C26H24ClN5O/c1-3-4-5-13-33-25-18(2)7-6-8-20(25)10-12-24-31-22-14-21(27)17-30-26(22)32(24)23-11-9-19(15-28)16-29-23/h6-12,14,16-17H,3-5,13H2,1-2H3. The van der Waals surface area contributed by atoms with Crippen LogP contribution in [-0.4, -0.2) is 26.1 Å². The zero-order valence-corrected chi connectivity index (χ0v) is 19.4. The van der Waals surface area contributed by atoms with Crippen LogP contribution < -0.4 is 4.74 Å². The Morgan fingerprint density at radius 1 is 1.12 bits per heavy atom. The van der Waals surface area contributed by atoms with Crippen molar-refractivity contribution in [3.63, 3.8) is 0 Å². The number of pyridine rings is 2. The van der Waals surface area contributed by atoms with Gasteiger partial charge < -0.3 is 4.74 Å². The monoisotopic (exact) mass is 457 g/mol. The Morgan fingerprint density at radius 3 is 2.76 bits per heavy atom. The molecule has 0 fully saturated rings. The minimum Gasteiger partial charge on any atom is -0.493 e. The summed E-state index contributed by atoms with van der Waals surface area (Å²) in [4.78, 5) is 13.6. The van der Waals surface area contributed by atoms with Crippen LogP contribution in [0.1, 0.15) is 48.7 Å². The quantitative estimate of drug-likeness (QED) is 0.286. The molecule has 0 bridgehead atoms. The highest BCUT2D eigenvalue weighted by Gasteiger charge is 2.14. The molecule has 0 atom stereocenters. The number of fused-ring (bicyclic) bond motifs is 1. The highest BCUT2D eigenvalue weighted by Crippen LogP contribution is 2.27. The van der Waals surface area contributed by atoms with Gasteiger partial charge in [0.1, 0.15) is 29.0 Å². The van der Waals surface area contributed by atoms with Gasteiger partial charge >= 0.3 is 0 Å². The summed E-state index contributed by atoms with van der Waals surface area (Å²) in [6, 6.07) is 13.5. The number of benzene rings is 1. The Balaban J connectivity index is 1.75. The molecule has 0 aliphatic rings. The third-order valence-corrected chi connectivity index (χ3v) is 5.45. The smallest absolute Gasteiger partial charge is 0.166 e. The summed E-state index contributed by atoms with van der Waals surface area (Å²) in [6.07, 6.45) is 10.4. The molecule has 6 nitrogen and oxygen atoms in total. The van der Waals surface area contributed by atoms with Crippen LogP contribution in [0.2, 0.25) is 5.02 Å². The van der Waals surface area contributed by atoms with Crippen molar-refractivity contribution in [1.82, 2.24) is 19.5 Å². The van der Waals surface area contributed by atoms with E-state index in [-0.39, 0.29) is 0 Å². The van der Waals surface area contributed by atoms with E-state index in [1.54, 1.807) is 24.4 Å². The van der Waals surface area contributed by atoms with Crippen LogP contribution >= 0.6 is 11.6 Å². The molecular formula is C26H24ClN5O. The van der Waals surface area contributed by atoms with Gasteiger partial charge in [0.15, 0.2) is 5.65 Å². The Bertz CT molecular complexity index is 1340. The Morgan fingerprint density at radius 2 is 2.00 bits per heavy atom. The van der Waals surface area contributed by atoms with Crippen molar-refractivity contribution in [2.45, 2.75) is 33.1 Å². The number of para-hydroxylation sites is 1. The molecule has 3 heterocycles. The number of imidazole rings is 1. The van der Waals surface area contributed by atoms with Crippen molar-refractivity contribution in [3.05, 3.63) is 76.3 Å². The molecule has 1 aromatic carbocycles. The van der Waals surface area contributed by atoms with E-state index in [2.05, 4.69) is 23.0 Å². The lowest BCUT2D eigenvalue weighted by atomic mass is 10.1. The number of nitriles is 1. The first-order valence-electron chi connectivity index (χ1n) is 10.9. The molecule has 0 saturated carbocycles. The van der Waals surface area contributed by atoms with Gasteiger partial charge in [0.25, 0.3) is 0 Å². The van der Waals surface area contributed by atoms with Gasteiger partial charge in [0, 0.05) is 18.0 Å². The number of aryl methyl sites for hydroxylation is 1. The van der Waals surface area contributed by atoms with E-state index in [1.807, 2.05) is 41.8 Å². The zero-order valence-electron chi connectivity index (χ0n) is 18.6. The Labute approximate surface area is 198 Å². The van der Waals surface area contributed by atoms with Gasteiger partial charge in [0.2, 0.25) is 0 Å². The summed E-state index contributed by atoms with van der Waals surface area (Å²) < 4.78 is 7.97. The van der Waals surface area contributed by atoms with Crippen molar-refractivity contribution >= 4 is 34.9 Å². The van der Waals surface area contributed by atoms with Gasteiger partial charge in [-0.25, -0.2) is 15.0 Å². The second kappa shape index (κ2) is 10.3. The third-order valence-electron chi connectivity index (χ3n) is 5.24. The Hall–Kier alpha value is -3.69. The van der Waals surface area contributed by atoms with Crippen molar-refractivity contribution < 1.29 is 4.74 Å². The molecule has 0 saturated heterocycles. The lowest BCUT2D eigenvalue weighted by molar-refractivity contribution is 0.304. The zero-order chi connectivity index (χ0) is 23.2. The number of ether oxygens (including phenoxy) is 1. The fraction of sp³-hybridized carbons (Fsp3) is 0.231. The van der Waals surface area contributed by atoms with E-state index in [4.69, 9.17) is 26.6 Å². The van der Waals surface area contributed by atoms with Gasteiger partial charge in [0.05, 0.1) is 17.2 Å². The van der Waals surface area contributed by atoms with E-state index < -0.39 is 0 Å². The molecule has 0 aliphatic heterocycles. The summed E-state index contributed by atoms with van der Waals surface area (Å²) in [5, 5.41) is 9.62. The molecule has 0 radical (unpaired) electrons.